The van der Waals surface area contributed by atoms with Gasteiger partial charge in [0.05, 0.1) is 38.2 Å². The van der Waals surface area contributed by atoms with Crippen LogP contribution in [0.3, 0.4) is 0 Å². The van der Waals surface area contributed by atoms with E-state index in [1.54, 1.807) is 50.7 Å². The number of carbonyl (C=O) groups is 2. The Bertz CT molecular complexity index is 1830. The monoisotopic (exact) mass is 668 g/mol. The Morgan fingerprint density at radius 1 is 0.750 bits per heavy atom. The first-order valence-corrected chi connectivity index (χ1v) is 16.1. The second kappa shape index (κ2) is 15.5. The molecule has 5 aromatic rings. The van der Waals surface area contributed by atoms with Gasteiger partial charge in [-0.25, -0.2) is 4.98 Å². The molecule has 6 rings (SSSR count). The highest BCUT2D eigenvalue weighted by molar-refractivity contribution is 7.99. The Balaban J connectivity index is 1.04. The number of hydrogen-bond acceptors (Lipinski definition) is 12. The number of aromatic nitrogens is 3. The molecule has 2 amide bonds. The zero-order valence-electron chi connectivity index (χ0n) is 26.3. The predicted octanol–water partition coefficient (Wildman–Crippen LogP) is 6.41. The van der Waals surface area contributed by atoms with Crippen LogP contribution >= 0.6 is 11.8 Å². The zero-order chi connectivity index (χ0) is 33.3. The smallest absolute Gasteiger partial charge is 0.285 e. The third-order valence-corrected chi connectivity index (χ3v) is 8.21. The molecule has 0 bridgehead atoms. The summed E-state index contributed by atoms with van der Waals surface area (Å²) in [6.45, 7) is 0.805. The summed E-state index contributed by atoms with van der Waals surface area (Å²) < 4.78 is 28.7. The van der Waals surface area contributed by atoms with Crippen LogP contribution in [-0.2, 0) is 18.1 Å². The lowest BCUT2D eigenvalue weighted by Gasteiger charge is -2.14. The van der Waals surface area contributed by atoms with Gasteiger partial charge in [0.1, 0.15) is 30.4 Å². The molecule has 1 aliphatic heterocycles. The molecule has 13 heteroatoms. The maximum absolute atomic E-state index is 12.4. The highest BCUT2D eigenvalue weighted by Gasteiger charge is 2.36. The highest BCUT2D eigenvalue weighted by Crippen LogP contribution is 2.33. The minimum atomic E-state index is -0.442. The van der Waals surface area contributed by atoms with Crippen LogP contribution in [-0.4, -0.2) is 58.6 Å². The van der Waals surface area contributed by atoms with E-state index in [-0.39, 0.29) is 19.1 Å². The molecule has 246 valence electrons. The van der Waals surface area contributed by atoms with Crippen LogP contribution in [0.1, 0.15) is 44.7 Å². The fourth-order valence-corrected chi connectivity index (χ4v) is 5.46. The predicted molar refractivity (Wildman–Crippen MR) is 175 cm³/mol. The van der Waals surface area contributed by atoms with Crippen LogP contribution in [0.25, 0.3) is 11.6 Å². The number of unbranched alkanes of at least 4 members (excludes halogenated alkanes) is 1. The Hall–Kier alpha value is -5.40. The van der Waals surface area contributed by atoms with E-state index in [4.69, 9.17) is 28.2 Å². The number of hydrogen-bond donors (Lipinski definition) is 0. The zero-order valence-corrected chi connectivity index (χ0v) is 27.1. The molecule has 48 heavy (non-hydrogen) atoms. The van der Waals surface area contributed by atoms with Crippen LogP contribution in [0, 0.1) is 0 Å². The maximum Gasteiger partial charge on any atom is 0.285 e. The highest BCUT2D eigenvalue weighted by atomic mass is 32.2. The molecule has 0 saturated heterocycles. The molecule has 0 radical (unpaired) electrons. The van der Waals surface area contributed by atoms with Crippen molar-refractivity contribution in [1.29, 1.82) is 0 Å². The Labute approximate surface area is 280 Å². The molecule has 0 N–H and O–H groups in total. The lowest BCUT2D eigenvalue weighted by atomic mass is 10.1. The second-order valence-electron chi connectivity index (χ2n) is 10.5. The van der Waals surface area contributed by atoms with E-state index in [0.717, 1.165) is 34.1 Å². The van der Waals surface area contributed by atoms with Crippen LogP contribution < -0.4 is 18.9 Å². The van der Waals surface area contributed by atoms with Crippen LogP contribution in [0.2, 0.25) is 0 Å². The standard InChI is InChI=1S/C35H32N4O8S/c1-42-25-13-9-23(10-14-25)21-44-30-19-29(36-20-31(30)45-22-24-11-15-26(43-2)16-12-24)32-37-38-35(47-32)48-18-6-5-17-46-39-33(40)27-7-3-4-8-28(27)34(39)41/h3-4,7-16,19-20H,5-6,17-18,21-22H2,1-2H3. The van der Waals surface area contributed by atoms with Crippen LogP contribution in [0.5, 0.6) is 23.0 Å². The first kappa shape index (κ1) is 32.5. The van der Waals surface area contributed by atoms with Gasteiger partial charge < -0.3 is 23.4 Å². The van der Waals surface area contributed by atoms with Gasteiger partial charge in [-0.3, -0.25) is 14.4 Å². The van der Waals surface area contributed by atoms with Crippen LogP contribution in [0.15, 0.2) is 94.7 Å². The number of methoxy groups -OCH3 is 2. The first-order valence-electron chi connectivity index (χ1n) is 15.1. The Morgan fingerprint density at radius 2 is 1.35 bits per heavy atom. The third kappa shape index (κ3) is 7.76. The number of nitrogens with zero attached hydrogens (tertiary/aromatic N) is 4. The number of hydroxylamine groups is 2. The number of thioether (sulfide) groups is 1. The summed E-state index contributed by atoms with van der Waals surface area (Å²) in [4.78, 5) is 34.8. The van der Waals surface area contributed by atoms with Crippen molar-refractivity contribution in [3.8, 4) is 34.6 Å². The number of carbonyl (C=O) groups excluding carboxylic acids is 2. The minimum Gasteiger partial charge on any atom is -0.497 e. The fraction of sp³-hybridized carbons (Fsp3) is 0.229. The molecule has 0 unspecified atom stereocenters. The number of fused-ring (bicyclic) bond motifs is 1. The van der Waals surface area contributed by atoms with Crippen molar-refractivity contribution in [3.05, 3.63) is 107 Å². The second-order valence-corrected chi connectivity index (χ2v) is 11.5. The number of ether oxygens (including phenoxy) is 4. The van der Waals surface area contributed by atoms with Crippen molar-refractivity contribution >= 4 is 23.6 Å². The van der Waals surface area contributed by atoms with E-state index >= 15 is 0 Å². The molecule has 0 fully saturated rings. The summed E-state index contributed by atoms with van der Waals surface area (Å²) in [5.41, 5.74) is 3.04. The first-order chi connectivity index (χ1) is 23.5. The Morgan fingerprint density at radius 3 is 1.96 bits per heavy atom. The topological polar surface area (TPSA) is 135 Å². The fourth-order valence-electron chi connectivity index (χ4n) is 4.70. The molecule has 0 saturated carbocycles. The maximum atomic E-state index is 12.4. The minimum absolute atomic E-state index is 0.219. The Kier molecular flexibility index (Phi) is 10.5. The molecular weight excluding hydrogens is 636 g/mol. The van der Waals surface area contributed by atoms with Crippen molar-refractivity contribution in [2.75, 3.05) is 26.6 Å². The van der Waals surface area contributed by atoms with Gasteiger partial charge in [-0.15, -0.1) is 15.3 Å². The molecule has 0 atom stereocenters. The van der Waals surface area contributed by atoms with Gasteiger partial charge in [-0.05, 0) is 60.4 Å². The molecule has 2 aromatic heterocycles. The van der Waals surface area contributed by atoms with E-state index in [1.807, 2.05) is 48.5 Å². The number of rotatable bonds is 16. The molecule has 1 aliphatic rings. The van der Waals surface area contributed by atoms with Crippen molar-refractivity contribution in [2.45, 2.75) is 31.3 Å². The summed E-state index contributed by atoms with van der Waals surface area (Å²) in [5, 5.41) is 9.55. The van der Waals surface area contributed by atoms with Gasteiger partial charge in [0.25, 0.3) is 22.9 Å². The van der Waals surface area contributed by atoms with Gasteiger partial charge in [0.2, 0.25) is 0 Å². The van der Waals surface area contributed by atoms with Gasteiger partial charge in [-0.1, -0.05) is 48.2 Å². The van der Waals surface area contributed by atoms with Crippen molar-refractivity contribution in [1.82, 2.24) is 20.2 Å². The lowest BCUT2D eigenvalue weighted by Crippen LogP contribution is -2.30. The number of amides is 2. The van der Waals surface area contributed by atoms with Crippen molar-refractivity contribution in [2.24, 2.45) is 0 Å². The van der Waals surface area contributed by atoms with Gasteiger partial charge >= 0.3 is 0 Å². The average molecular weight is 669 g/mol. The third-order valence-electron chi connectivity index (χ3n) is 7.31. The molecule has 12 nitrogen and oxygen atoms in total. The number of benzene rings is 3. The van der Waals surface area contributed by atoms with Gasteiger partial charge in [0, 0.05) is 11.8 Å². The van der Waals surface area contributed by atoms with Crippen molar-refractivity contribution in [3.63, 3.8) is 0 Å². The normalized spacial score (nSPS) is 12.2. The summed E-state index contributed by atoms with van der Waals surface area (Å²) in [6, 6.07) is 23.6. The van der Waals surface area contributed by atoms with Crippen LogP contribution in [0.4, 0.5) is 0 Å². The average Bonchev–Trinajstić information content (AvgIpc) is 3.70. The number of pyridine rings is 1. The van der Waals surface area contributed by atoms with E-state index in [2.05, 4.69) is 15.2 Å². The van der Waals surface area contributed by atoms with E-state index in [1.165, 1.54) is 11.8 Å². The van der Waals surface area contributed by atoms with Gasteiger partial charge in [0.15, 0.2) is 11.5 Å². The van der Waals surface area contributed by atoms with E-state index < -0.39 is 11.8 Å². The van der Waals surface area contributed by atoms with E-state index in [9.17, 15) is 9.59 Å². The SMILES string of the molecule is COc1ccc(COc2cnc(-c3nnc(SCCCCON4C(=O)c5ccccc5C4=O)o3)cc2OCc2ccc(OC)cc2)cc1. The molecule has 0 spiro atoms. The molecule has 3 aromatic carbocycles. The van der Waals surface area contributed by atoms with Gasteiger partial charge in [-0.2, -0.15) is 0 Å². The van der Waals surface area contributed by atoms with E-state index in [0.29, 0.717) is 52.3 Å². The molecular formula is C35H32N4O8S. The number of imide groups is 1. The quantitative estimate of drug-likeness (QED) is 0.0653. The summed E-state index contributed by atoms with van der Waals surface area (Å²) >= 11 is 1.39. The van der Waals surface area contributed by atoms with Crippen molar-refractivity contribution < 1.29 is 37.8 Å². The molecule has 0 aliphatic carbocycles. The summed E-state index contributed by atoms with van der Waals surface area (Å²) in [7, 11) is 3.25. The molecule has 3 heterocycles. The lowest BCUT2D eigenvalue weighted by molar-refractivity contribution is -0.0919. The summed E-state index contributed by atoms with van der Waals surface area (Å²) in [6.07, 6.45) is 2.93. The largest absolute Gasteiger partial charge is 0.497 e. The summed E-state index contributed by atoms with van der Waals surface area (Å²) in [5.74, 6) is 2.46.